The van der Waals surface area contributed by atoms with E-state index >= 15 is 0 Å². The number of fused-ring (bicyclic) bond motifs is 1. The minimum Gasteiger partial charge on any atom is -0.504 e. The minimum atomic E-state index is -0.388. The van der Waals surface area contributed by atoms with Crippen LogP contribution in [0.5, 0.6) is 11.5 Å². The minimum absolute atomic E-state index is 0.0810. The van der Waals surface area contributed by atoms with E-state index in [-0.39, 0.29) is 11.4 Å². The normalized spacial score (nSPS) is 12.1. The Hall–Kier alpha value is -3.17. The highest BCUT2D eigenvalue weighted by atomic mass is 79.9. The SMILES string of the molecule is CCCCn1c(-c2cc3cc(Br)ccc3oc2=O)cs/c1=N\N=C\c1ccc(O)c(OCC)c1. The van der Waals surface area contributed by atoms with Crippen molar-refractivity contribution in [3.8, 4) is 22.8 Å². The average molecular weight is 542 g/mol. The number of hydrogen-bond donors (Lipinski definition) is 1. The summed E-state index contributed by atoms with van der Waals surface area (Å²) in [5, 5.41) is 21.3. The Labute approximate surface area is 208 Å². The molecule has 1 N–H and O–H groups in total. The van der Waals surface area contributed by atoms with Crippen molar-refractivity contribution in [2.75, 3.05) is 6.61 Å². The van der Waals surface area contributed by atoms with E-state index in [2.05, 4.69) is 33.1 Å². The summed E-state index contributed by atoms with van der Waals surface area (Å²) in [6, 6.07) is 12.4. The van der Waals surface area contributed by atoms with Crippen LogP contribution in [-0.2, 0) is 6.54 Å². The molecule has 9 heteroatoms. The van der Waals surface area contributed by atoms with E-state index in [1.165, 1.54) is 11.3 Å². The van der Waals surface area contributed by atoms with E-state index < -0.39 is 0 Å². The first-order valence-corrected chi connectivity index (χ1v) is 12.6. The second-order valence-corrected chi connectivity index (χ2v) is 9.30. The van der Waals surface area contributed by atoms with Crippen LogP contribution in [0.3, 0.4) is 0 Å². The maximum absolute atomic E-state index is 12.8. The van der Waals surface area contributed by atoms with Crippen molar-refractivity contribution < 1.29 is 14.3 Å². The number of aromatic nitrogens is 1. The van der Waals surface area contributed by atoms with E-state index in [0.29, 0.717) is 34.8 Å². The lowest BCUT2D eigenvalue weighted by Crippen LogP contribution is -2.17. The van der Waals surface area contributed by atoms with E-state index in [1.54, 1.807) is 30.5 Å². The van der Waals surface area contributed by atoms with E-state index in [1.807, 2.05) is 35.1 Å². The number of halogens is 1. The van der Waals surface area contributed by atoms with Gasteiger partial charge in [0.25, 0.3) is 0 Å². The molecule has 0 amide bonds. The molecule has 0 saturated heterocycles. The molecule has 2 aromatic carbocycles. The summed E-state index contributed by atoms with van der Waals surface area (Å²) in [6.45, 7) is 5.12. The van der Waals surface area contributed by atoms with Crippen LogP contribution in [-0.4, -0.2) is 22.5 Å². The fraction of sp³-hybridized carbons (Fsp3) is 0.240. The van der Waals surface area contributed by atoms with Gasteiger partial charge in [-0.1, -0.05) is 29.3 Å². The molecule has 0 aliphatic heterocycles. The molecule has 34 heavy (non-hydrogen) atoms. The molecule has 0 spiro atoms. The molecule has 4 aromatic rings. The van der Waals surface area contributed by atoms with Crippen molar-refractivity contribution in [2.45, 2.75) is 33.2 Å². The highest BCUT2D eigenvalue weighted by Gasteiger charge is 2.14. The zero-order valence-corrected chi connectivity index (χ0v) is 21.2. The van der Waals surface area contributed by atoms with Gasteiger partial charge in [-0.2, -0.15) is 5.10 Å². The van der Waals surface area contributed by atoms with Crippen LogP contribution >= 0.6 is 27.3 Å². The standard InChI is InChI=1S/C25H24BrN3O4S/c1-3-5-10-29-20(19-13-17-12-18(26)7-9-22(17)33-24(19)31)15-34-25(29)28-27-14-16-6-8-21(30)23(11-16)32-4-2/h6-9,11-15,30H,3-5,10H2,1-2H3/b27-14+,28-25-. The van der Waals surface area contributed by atoms with Gasteiger partial charge in [-0.05, 0) is 61.4 Å². The highest BCUT2D eigenvalue weighted by molar-refractivity contribution is 9.10. The van der Waals surface area contributed by atoms with Gasteiger partial charge in [0.2, 0.25) is 4.80 Å². The van der Waals surface area contributed by atoms with Crippen LogP contribution in [0.2, 0.25) is 0 Å². The number of hydrogen-bond acceptors (Lipinski definition) is 7. The van der Waals surface area contributed by atoms with Crippen molar-refractivity contribution in [3.05, 3.63) is 73.1 Å². The van der Waals surface area contributed by atoms with Crippen molar-refractivity contribution >= 4 is 44.5 Å². The molecular weight excluding hydrogens is 518 g/mol. The van der Waals surface area contributed by atoms with Gasteiger partial charge in [-0.15, -0.1) is 16.4 Å². The Morgan fingerprint density at radius 3 is 2.85 bits per heavy atom. The summed E-state index contributed by atoms with van der Waals surface area (Å²) in [5.41, 5.74) is 2.15. The molecule has 0 saturated carbocycles. The Bertz CT molecular complexity index is 1470. The van der Waals surface area contributed by atoms with Crippen molar-refractivity contribution in [2.24, 2.45) is 10.2 Å². The van der Waals surface area contributed by atoms with E-state index in [9.17, 15) is 9.90 Å². The van der Waals surface area contributed by atoms with Gasteiger partial charge in [0.15, 0.2) is 11.5 Å². The second kappa shape index (κ2) is 10.8. The number of phenols is 1. The highest BCUT2D eigenvalue weighted by Crippen LogP contribution is 2.26. The number of unbranched alkanes of at least 4 members (excludes halogenated alkanes) is 1. The third-order valence-electron chi connectivity index (χ3n) is 5.14. The van der Waals surface area contributed by atoms with Crippen LogP contribution in [0.15, 0.2) is 71.7 Å². The summed E-state index contributed by atoms with van der Waals surface area (Å²) in [4.78, 5) is 13.5. The number of rotatable bonds is 8. The molecule has 0 unspecified atom stereocenters. The summed E-state index contributed by atoms with van der Waals surface area (Å²) in [6.07, 6.45) is 3.53. The number of thiazole rings is 1. The summed E-state index contributed by atoms with van der Waals surface area (Å²) < 4.78 is 13.9. The predicted molar refractivity (Wildman–Crippen MR) is 139 cm³/mol. The Morgan fingerprint density at radius 2 is 2.06 bits per heavy atom. The molecule has 0 fully saturated rings. The maximum atomic E-state index is 12.8. The third kappa shape index (κ3) is 5.31. The summed E-state index contributed by atoms with van der Waals surface area (Å²) >= 11 is 4.89. The molecular formula is C25H24BrN3O4S. The van der Waals surface area contributed by atoms with Crippen molar-refractivity contribution in [3.63, 3.8) is 0 Å². The van der Waals surface area contributed by atoms with Crippen LogP contribution in [0.1, 0.15) is 32.3 Å². The fourth-order valence-electron chi connectivity index (χ4n) is 3.46. The van der Waals surface area contributed by atoms with Crippen molar-refractivity contribution in [1.29, 1.82) is 0 Å². The number of phenolic OH excluding ortho intramolecular Hbond substituents is 1. The quantitative estimate of drug-likeness (QED) is 0.170. The van der Waals surface area contributed by atoms with Crippen LogP contribution < -0.4 is 15.2 Å². The van der Waals surface area contributed by atoms with E-state index in [4.69, 9.17) is 9.15 Å². The molecule has 0 aliphatic carbocycles. The molecule has 176 valence electrons. The Kier molecular flexibility index (Phi) is 7.64. The zero-order valence-electron chi connectivity index (χ0n) is 18.8. The predicted octanol–water partition coefficient (Wildman–Crippen LogP) is 5.92. The molecule has 0 atom stereocenters. The summed E-state index contributed by atoms with van der Waals surface area (Å²) in [5.74, 6) is 0.482. The van der Waals surface area contributed by atoms with Gasteiger partial charge in [0.05, 0.1) is 24.1 Å². The topological polar surface area (TPSA) is 89.3 Å². The number of nitrogens with zero attached hydrogens (tertiary/aromatic N) is 3. The smallest absolute Gasteiger partial charge is 0.345 e. The number of ether oxygens (including phenoxy) is 1. The molecule has 7 nitrogen and oxygen atoms in total. The van der Waals surface area contributed by atoms with E-state index in [0.717, 1.165) is 34.0 Å². The first-order chi connectivity index (χ1) is 16.5. The van der Waals surface area contributed by atoms with Crippen LogP contribution in [0, 0.1) is 0 Å². The van der Waals surface area contributed by atoms with Gasteiger partial charge >= 0.3 is 5.63 Å². The zero-order chi connectivity index (χ0) is 24.1. The van der Waals surface area contributed by atoms with Gasteiger partial charge in [0, 0.05) is 21.8 Å². The first-order valence-electron chi connectivity index (χ1n) is 10.9. The Balaban J connectivity index is 1.74. The fourth-order valence-corrected chi connectivity index (χ4v) is 4.72. The molecule has 4 rings (SSSR count). The van der Waals surface area contributed by atoms with Gasteiger partial charge < -0.3 is 18.8 Å². The first kappa shape index (κ1) is 24.0. The molecule has 0 bridgehead atoms. The molecule has 2 aromatic heterocycles. The monoisotopic (exact) mass is 541 g/mol. The van der Waals surface area contributed by atoms with Crippen LogP contribution in [0.4, 0.5) is 0 Å². The maximum Gasteiger partial charge on any atom is 0.345 e. The summed E-state index contributed by atoms with van der Waals surface area (Å²) in [7, 11) is 0. The molecule has 0 radical (unpaired) electrons. The largest absolute Gasteiger partial charge is 0.504 e. The number of aromatic hydroxyl groups is 1. The number of benzene rings is 2. The second-order valence-electron chi connectivity index (χ2n) is 7.54. The lowest BCUT2D eigenvalue weighted by molar-refractivity contribution is 0.318. The average Bonchev–Trinajstić information content (AvgIpc) is 3.22. The Morgan fingerprint density at radius 1 is 1.21 bits per heavy atom. The van der Waals surface area contributed by atoms with Gasteiger partial charge in [0.1, 0.15) is 5.58 Å². The van der Waals surface area contributed by atoms with Gasteiger partial charge in [-0.3, -0.25) is 0 Å². The lowest BCUT2D eigenvalue weighted by Gasteiger charge is -2.08. The van der Waals surface area contributed by atoms with Gasteiger partial charge in [-0.25, -0.2) is 4.79 Å². The third-order valence-corrected chi connectivity index (χ3v) is 6.48. The molecule has 2 heterocycles. The van der Waals surface area contributed by atoms with Crippen molar-refractivity contribution in [1.82, 2.24) is 4.57 Å². The lowest BCUT2D eigenvalue weighted by atomic mass is 10.1. The molecule has 0 aliphatic rings. The van der Waals surface area contributed by atoms with Crippen LogP contribution in [0.25, 0.3) is 22.2 Å².